The van der Waals surface area contributed by atoms with Crippen LogP contribution >= 0.6 is 0 Å². The molecule has 3 nitrogen and oxygen atoms in total. The van der Waals surface area contributed by atoms with E-state index in [1.54, 1.807) is 0 Å². The van der Waals surface area contributed by atoms with Gasteiger partial charge in [-0.1, -0.05) is 13.0 Å². The van der Waals surface area contributed by atoms with E-state index in [0.29, 0.717) is 12.0 Å². The summed E-state index contributed by atoms with van der Waals surface area (Å²) in [7, 11) is 1.96. The lowest BCUT2D eigenvalue weighted by atomic mass is 9.99. The number of aryl methyl sites for hydroxylation is 1. The van der Waals surface area contributed by atoms with Crippen molar-refractivity contribution in [1.29, 1.82) is 0 Å². The van der Waals surface area contributed by atoms with Gasteiger partial charge in [-0.15, -0.1) is 0 Å². The van der Waals surface area contributed by atoms with Gasteiger partial charge in [0.2, 0.25) is 0 Å². The van der Waals surface area contributed by atoms with Gasteiger partial charge in [-0.3, -0.25) is 4.68 Å². The van der Waals surface area contributed by atoms with E-state index in [1.807, 2.05) is 17.9 Å². The van der Waals surface area contributed by atoms with Gasteiger partial charge in [0.1, 0.15) is 0 Å². The fourth-order valence-corrected chi connectivity index (χ4v) is 2.94. The Kier molecular flexibility index (Phi) is 2.85. The molecule has 0 bridgehead atoms. The van der Waals surface area contributed by atoms with Crippen molar-refractivity contribution in [1.82, 2.24) is 9.78 Å². The standard InChI is InChI=1S/C16H21N3/c1-11(2)19-9-12(3)15-7-13(5-6-16(15)19)14-8-17-18(4)10-14/h5-8,10-12H,9H2,1-4H3. The van der Waals surface area contributed by atoms with E-state index in [4.69, 9.17) is 0 Å². The van der Waals surface area contributed by atoms with Crippen LogP contribution in [0.1, 0.15) is 32.3 Å². The van der Waals surface area contributed by atoms with Gasteiger partial charge >= 0.3 is 0 Å². The van der Waals surface area contributed by atoms with E-state index in [2.05, 4.69) is 55.2 Å². The van der Waals surface area contributed by atoms with E-state index in [9.17, 15) is 0 Å². The predicted molar refractivity (Wildman–Crippen MR) is 79.5 cm³/mol. The molecule has 1 aliphatic rings. The topological polar surface area (TPSA) is 21.1 Å². The molecule has 0 saturated carbocycles. The van der Waals surface area contributed by atoms with Crippen LogP contribution in [-0.2, 0) is 7.05 Å². The van der Waals surface area contributed by atoms with Gasteiger partial charge in [-0.05, 0) is 37.1 Å². The number of hydrogen-bond donors (Lipinski definition) is 0. The highest BCUT2D eigenvalue weighted by Crippen LogP contribution is 2.39. The van der Waals surface area contributed by atoms with Gasteiger partial charge in [0.25, 0.3) is 0 Å². The Hall–Kier alpha value is -1.77. The van der Waals surface area contributed by atoms with E-state index in [1.165, 1.54) is 22.4 Å². The Morgan fingerprint density at radius 1 is 1.26 bits per heavy atom. The summed E-state index contributed by atoms with van der Waals surface area (Å²) < 4.78 is 1.85. The van der Waals surface area contributed by atoms with Gasteiger partial charge in [0, 0.05) is 43.0 Å². The average molecular weight is 255 g/mol. The zero-order valence-electron chi connectivity index (χ0n) is 12.1. The zero-order valence-corrected chi connectivity index (χ0v) is 12.1. The number of anilines is 1. The summed E-state index contributed by atoms with van der Waals surface area (Å²) in [5, 5.41) is 4.26. The summed E-state index contributed by atoms with van der Waals surface area (Å²) in [4.78, 5) is 2.49. The molecule has 3 heteroatoms. The molecular formula is C16H21N3. The summed E-state index contributed by atoms with van der Waals surface area (Å²) in [5.74, 6) is 0.606. The first-order chi connectivity index (χ1) is 9.06. The molecule has 0 saturated heterocycles. The monoisotopic (exact) mass is 255 g/mol. The lowest BCUT2D eigenvalue weighted by Gasteiger charge is -2.24. The van der Waals surface area contributed by atoms with Crippen LogP contribution in [0.25, 0.3) is 11.1 Å². The Bertz CT molecular complexity index is 598. The fourth-order valence-electron chi connectivity index (χ4n) is 2.94. The van der Waals surface area contributed by atoms with Crippen molar-refractivity contribution < 1.29 is 0 Å². The van der Waals surface area contributed by atoms with Gasteiger partial charge in [0.05, 0.1) is 6.20 Å². The molecule has 1 aromatic heterocycles. The van der Waals surface area contributed by atoms with E-state index >= 15 is 0 Å². The molecule has 2 heterocycles. The van der Waals surface area contributed by atoms with Crippen LogP contribution in [0, 0.1) is 0 Å². The highest BCUT2D eigenvalue weighted by molar-refractivity contribution is 5.71. The van der Waals surface area contributed by atoms with Crippen LogP contribution in [-0.4, -0.2) is 22.4 Å². The number of aromatic nitrogens is 2. The molecule has 3 rings (SSSR count). The first kappa shape index (κ1) is 12.3. The van der Waals surface area contributed by atoms with Crippen LogP contribution < -0.4 is 4.90 Å². The molecule has 19 heavy (non-hydrogen) atoms. The number of rotatable bonds is 2. The third-order valence-electron chi connectivity index (χ3n) is 4.00. The Labute approximate surface area is 114 Å². The SMILES string of the molecule is CC1CN(C(C)C)c2ccc(-c3cnn(C)c3)cc21. The summed E-state index contributed by atoms with van der Waals surface area (Å²) in [6.07, 6.45) is 4.00. The summed E-state index contributed by atoms with van der Waals surface area (Å²) in [6, 6.07) is 7.37. The van der Waals surface area contributed by atoms with Crippen LogP contribution in [0.4, 0.5) is 5.69 Å². The number of benzene rings is 1. The summed E-state index contributed by atoms with van der Waals surface area (Å²) >= 11 is 0. The van der Waals surface area contributed by atoms with Gasteiger partial charge < -0.3 is 4.90 Å². The summed E-state index contributed by atoms with van der Waals surface area (Å²) in [5.41, 5.74) is 5.33. The molecule has 1 aliphatic heterocycles. The van der Waals surface area contributed by atoms with Crippen molar-refractivity contribution in [2.45, 2.75) is 32.7 Å². The van der Waals surface area contributed by atoms with Crippen molar-refractivity contribution in [3.05, 3.63) is 36.2 Å². The molecule has 1 unspecified atom stereocenters. The molecule has 0 spiro atoms. The maximum Gasteiger partial charge on any atom is 0.0568 e. The number of nitrogens with zero attached hydrogens (tertiary/aromatic N) is 3. The van der Waals surface area contributed by atoms with Gasteiger partial charge in [0.15, 0.2) is 0 Å². The molecule has 0 fully saturated rings. The van der Waals surface area contributed by atoms with Crippen molar-refractivity contribution in [2.75, 3.05) is 11.4 Å². The minimum Gasteiger partial charge on any atom is -0.368 e. The maximum absolute atomic E-state index is 4.26. The van der Waals surface area contributed by atoms with Crippen molar-refractivity contribution in [2.24, 2.45) is 7.05 Å². The average Bonchev–Trinajstić information content (AvgIpc) is 2.94. The predicted octanol–water partition coefficient (Wildman–Crippen LogP) is 3.42. The molecule has 1 atom stereocenters. The van der Waals surface area contributed by atoms with Crippen LogP contribution in [0.2, 0.25) is 0 Å². The number of hydrogen-bond acceptors (Lipinski definition) is 2. The minimum atomic E-state index is 0.563. The zero-order chi connectivity index (χ0) is 13.6. The highest BCUT2D eigenvalue weighted by atomic mass is 15.2. The normalized spacial score (nSPS) is 18.2. The molecule has 100 valence electrons. The van der Waals surface area contributed by atoms with E-state index in [-0.39, 0.29) is 0 Å². The van der Waals surface area contributed by atoms with Crippen LogP contribution in [0.15, 0.2) is 30.6 Å². The second-order valence-electron chi connectivity index (χ2n) is 5.82. The fraction of sp³-hybridized carbons (Fsp3) is 0.438. The smallest absolute Gasteiger partial charge is 0.0568 e. The largest absolute Gasteiger partial charge is 0.368 e. The maximum atomic E-state index is 4.26. The highest BCUT2D eigenvalue weighted by Gasteiger charge is 2.27. The Morgan fingerprint density at radius 3 is 2.68 bits per heavy atom. The molecule has 0 amide bonds. The van der Waals surface area contributed by atoms with Crippen LogP contribution in [0.5, 0.6) is 0 Å². The Balaban J connectivity index is 2.03. The molecule has 0 aliphatic carbocycles. The van der Waals surface area contributed by atoms with Crippen LogP contribution in [0.3, 0.4) is 0 Å². The molecule has 2 aromatic rings. The minimum absolute atomic E-state index is 0.563. The lowest BCUT2D eigenvalue weighted by Crippen LogP contribution is -2.28. The van der Waals surface area contributed by atoms with Crippen molar-refractivity contribution in [3.63, 3.8) is 0 Å². The van der Waals surface area contributed by atoms with Gasteiger partial charge in [-0.25, -0.2) is 0 Å². The molecule has 0 radical (unpaired) electrons. The van der Waals surface area contributed by atoms with E-state index < -0.39 is 0 Å². The number of fused-ring (bicyclic) bond motifs is 1. The van der Waals surface area contributed by atoms with Crippen molar-refractivity contribution >= 4 is 5.69 Å². The third kappa shape index (κ3) is 2.03. The lowest BCUT2D eigenvalue weighted by molar-refractivity contribution is 0.670. The van der Waals surface area contributed by atoms with Gasteiger partial charge in [-0.2, -0.15) is 5.10 Å². The third-order valence-corrected chi connectivity index (χ3v) is 4.00. The van der Waals surface area contributed by atoms with Crippen molar-refractivity contribution in [3.8, 4) is 11.1 Å². The molecule has 0 N–H and O–H groups in total. The van der Waals surface area contributed by atoms with E-state index in [0.717, 1.165) is 6.54 Å². The second-order valence-corrected chi connectivity index (χ2v) is 5.82. The quantitative estimate of drug-likeness (QED) is 0.820. The first-order valence-electron chi connectivity index (χ1n) is 6.96. The molecule has 1 aromatic carbocycles. The molecular weight excluding hydrogens is 234 g/mol. The first-order valence-corrected chi connectivity index (χ1v) is 6.96. The second kappa shape index (κ2) is 4.41. The summed E-state index contributed by atoms with van der Waals surface area (Å²) in [6.45, 7) is 7.96. The Morgan fingerprint density at radius 2 is 2.05 bits per heavy atom.